The van der Waals surface area contributed by atoms with Crippen LogP contribution in [0.2, 0.25) is 0 Å². The first-order valence-electron chi connectivity index (χ1n) is 3.00. The number of alkyl halides is 3. The van der Waals surface area contributed by atoms with Crippen LogP contribution >= 0.6 is 0 Å². The summed E-state index contributed by atoms with van der Waals surface area (Å²) in [7, 11) is 0. The maximum absolute atomic E-state index is 11.6. The van der Waals surface area contributed by atoms with Crippen molar-refractivity contribution in [2.75, 3.05) is 0 Å². The summed E-state index contributed by atoms with van der Waals surface area (Å²) in [5, 5.41) is 0. The fourth-order valence-electron chi connectivity index (χ4n) is 0.869. The highest BCUT2D eigenvalue weighted by atomic mass is 19.4. The minimum absolute atomic E-state index is 0.382. The van der Waals surface area contributed by atoms with E-state index in [0.717, 1.165) is 0 Å². The SMILES string of the molecule is FC(F)(F)CC1=CCC=C1. The van der Waals surface area contributed by atoms with Crippen LogP contribution in [0, 0.1) is 0 Å². The average Bonchev–Trinajstić information content (AvgIpc) is 2.12. The van der Waals surface area contributed by atoms with Gasteiger partial charge in [-0.25, -0.2) is 0 Å². The number of allylic oxidation sites excluding steroid dienone is 4. The van der Waals surface area contributed by atoms with Gasteiger partial charge in [0.1, 0.15) is 0 Å². The van der Waals surface area contributed by atoms with Crippen LogP contribution in [0.4, 0.5) is 13.2 Å². The Morgan fingerprint density at radius 1 is 1.40 bits per heavy atom. The lowest BCUT2D eigenvalue weighted by Crippen LogP contribution is -2.06. The first-order chi connectivity index (χ1) is 4.58. The minimum atomic E-state index is -4.06. The summed E-state index contributed by atoms with van der Waals surface area (Å²) in [4.78, 5) is 0. The zero-order chi connectivity index (χ0) is 7.61. The fraction of sp³-hybridized carbons (Fsp3) is 0.429. The van der Waals surface area contributed by atoms with Crippen LogP contribution in [-0.2, 0) is 0 Å². The lowest BCUT2D eigenvalue weighted by Gasteiger charge is -2.03. The molecule has 10 heavy (non-hydrogen) atoms. The second-order valence-corrected chi connectivity index (χ2v) is 2.21. The molecule has 0 fully saturated rings. The van der Waals surface area contributed by atoms with Crippen molar-refractivity contribution in [2.24, 2.45) is 0 Å². The summed E-state index contributed by atoms with van der Waals surface area (Å²) in [6.45, 7) is 0. The van der Waals surface area contributed by atoms with Gasteiger partial charge in [-0.1, -0.05) is 18.2 Å². The maximum Gasteiger partial charge on any atom is 0.393 e. The third-order valence-corrected chi connectivity index (χ3v) is 1.25. The summed E-state index contributed by atoms with van der Waals surface area (Å²) in [6.07, 6.45) is 0.636. The smallest absolute Gasteiger partial charge is 0.171 e. The van der Waals surface area contributed by atoms with Crippen molar-refractivity contribution in [3.8, 4) is 0 Å². The molecule has 0 N–H and O–H groups in total. The Kier molecular flexibility index (Phi) is 1.83. The number of rotatable bonds is 1. The van der Waals surface area contributed by atoms with E-state index >= 15 is 0 Å². The van der Waals surface area contributed by atoms with E-state index in [4.69, 9.17) is 0 Å². The number of hydrogen-bond acceptors (Lipinski definition) is 0. The Balaban J connectivity index is 2.46. The fourth-order valence-corrected chi connectivity index (χ4v) is 0.869. The molecule has 0 heterocycles. The summed E-state index contributed by atoms with van der Waals surface area (Å²) in [5.41, 5.74) is 0.382. The van der Waals surface area contributed by atoms with Gasteiger partial charge in [0.25, 0.3) is 0 Å². The molecule has 1 aliphatic carbocycles. The molecule has 0 nitrogen and oxygen atoms in total. The summed E-state index contributed by atoms with van der Waals surface area (Å²) in [6, 6.07) is 0. The Bertz CT molecular complexity index is 174. The predicted molar refractivity (Wildman–Crippen MR) is 32.5 cm³/mol. The van der Waals surface area contributed by atoms with Crippen molar-refractivity contribution in [1.82, 2.24) is 0 Å². The standard InChI is InChI=1S/C7H7F3/c8-7(9,10)5-6-3-1-2-4-6/h1,3-4H,2,5H2. The van der Waals surface area contributed by atoms with Crippen LogP contribution in [0.5, 0.6) is 0 Å². The van der Waals surface area contributed by atoms with Gasteiger partial charge in [-0.2, -0.15) is 13.2 Å². The maximum atomic E-state index is 11.6. The summed E-state index contributed by atoms with van der Waals surface area (Å²) < 4.78 is 34.9. The van der Waals surface area contributed by atoms with Crippen LogP contribution in [0.3, 0.4) is 0 Å². The molecule has 0 spiro atoms. The van der Waals surface area contributed by atoms with Crippen molar-refractivity contribution >= 4 is 0 Å². The Morgan fingerprint density at radius 3 is 2.50 bits per heavy atom. The Hall–Kier alpha value is -0.730. The van der Waals surface area contributed by atoms with Crippen LogP contribution in [0.15, 0.2) is 23.8 Å². The van der Waals surface area contributed by atoms with E-state index in [1.165, 1.54) is 6.08 Å². The van der Waals surface area contributed by atoms with E-state index in [1.54, 1.807) is 12.2 Å². The summed E-state index contributed by atoms with van der Waals surface area (Å²) >= 11 is 0. The van der Waals surface area contributed by atoms with Gasteiger partial charge in [0.05, 0.1) is 6.42 Å². The molecule has 0 aromatic heterocycles. The second-order valence-electron chi connectivity index (χ2n) is 2.21. The minimum Gasteiger partial charge on any atom is -0.171 e. The molecule has 3 heteroatoms. The third-order valence-electron chi connectivity index (χ3n) is 1.25. The molecule has 0 saturated heterocycles. The van der Waals surface area contributed by atoms with Gasteiger partial charge in [-0.05, 0) is 12.0 Å². The highest BCUT2D eigenvalue weighted by Crippen LogP contribution is 2.27. The van der Waals surface area contributed by atoms with E-state index in [2.05, 4.69) is 0 Å². The quantitative estimate of drug-likeness (QED) is 0.536. The van der Waals surface area contributed by atoms with Crippen LogP contribution in [0.25, 0.3) is 0 Å². The second kappa shape index (κ2) is 2.48. The number of hydrogen-bond donors (Lipinski definition) is 0. The normalized spacial score (nSPS) is 17.7. The zero-order valence-corrected chi connectivity index (χ0v) is 5.28. The van der Waals surface area contributed by atoms with Gasteiger partial charge >= 0.3 is 6.18 Å². The van der Waals surface area contributed by atoms with Crippen LogP contribution in [-0.4, -0.2) is 6.18 Å². The van der Waals surface area contributed by atoms with E-state index in [0.29, 0.717) is 12.0 Å². The van der Waals surface area contributed by atoms with Gasteiger partial charge < -0.3 is 0 Å². The largest absolute Gasteiger partial charge is 0.393 e. The van der Waals surface area contributed by atoms with Gasteiger partial charge in [-0.3, -0.25) is 0 Å². The van der Waals surface area contributed by atoms with Crippen molar-refractivity contribution in [2.45, 2.75) is 19.0 Å². The van der Waals surface area contributed by atoms with E-state index in [9.17, 15) is 13.2 Å². The first kappa shape index (κ1) is 7.38. The molecule has 1 aliphatic rings. The Morgan fingerprint density at radius 2 is 2.10 bits per heavy atom. The highest BCUT2D eigenvalue weighted by molar-refractivity contribution is 5.26. The molecular formula is C7H7F3. The molecule has 0 bridgehead atoms. The summed E-state index contributed by atoms with van der Waals surface area (Å²) in [5.74, 6) is 0. The Labute approximate surface area is 57.0 Å². The molecular weight excluding hydrogens is 141 g/mol. The molecule has 0 saturated carbocycles. The van der Waals surface area contributed by atoms with Gasteiger partial charge in [0.15, 0.2) is 0 Å². The predicted octanol–water partition coefficient (Wildman–Crippen LogP) is 2.83. The van der Waals surface area contributed by atoms with Gasteiger partial charge in [0, 0.05) is 0 Å². The van der Waals surface area contributed by atoms with E-state index in [1.807, 2.05) is 0 Å². The molecule has 0 aliphatic heterocycles. The van der Waals surface area contributed by atoms with Crippen molar-refractivity contribution in [1.29, 1.82) is 0 Å². The molecule has 0 unspecified atom stereocenters. The monoisotopic (exact) mass is 148 g/mol. The molecule has 0 atom stereocenters. The lowest BCUT2D eigenvalue weighted by atomic mass is 10.2. The molecule has 0 amide bonds. The van der Waals surface area contributed by atoms with Crippen LogP contribution < -0.4 is 0 Å². The van der Waals surface area contributed by atoms with Crippen molar-refractivity contribution in [3.63, 3.8) is 0 Å². The van der Waals surface area contributed by atoms with Crippen LogP contribution in [0.1, 0.15) is 12.8 Å². The third kappa shape index (κ3) is 2.25. The average molecular weight is 148 g/mol. The van der Waals surface area contributed by atoms with Crippen molar-refractivity contribution in [3.05, 3.63) is 23.8 Å². The van der Waals surface area contributed by atoms with E-state index in [-0.39, 0.29) is 0 Å². The topological polar surface area (TPSA) is 0 Å². The van der Waals surface area contributed by atoms with Gasteiger partial charge in [0.2, 0.25) is 0 Å². The molecule has 1 rings (SSSR count). The van der Waals surface area contributed by atoms with Crippen molar-refractivity contribution < 1.29 is 13.2 Å². The molecule has 56 valence electrons. The molecule has 0 aromatic rings. The number of halogens is 3. The zero-order valence-electron chi connectivity index (χ0n) is 5.28. The van der Waals surface area contributed by atoms with E-state index < -0.39 is 12.6 Å². The molecule has 0 aromatic carbocycles. The molecule has 0 radical (unpaired) electrons. The first-order valence-corrected chi connectivity index (χ1v) is 3.00. The highest BCUT2D eigenvalue weighted by Gasteiger charge is 2.28. The lowest BCUT2D eigenvalue weighted by molar-refractivity contribution is -0.126. The van der Waals surface area contributed by atoms with Gasteiger partial charge in [-0.15, -0.1) is 0 Å².